The van der Waals surface area contributed by atoms with Crippen LogP contribution in [-0.2, 0) is 11.3 Å². The second kappa shape index (κ2) is 7.65. The zero-order chi connectivity index (χ0) is 19.6. The van der Waals surface area contributed by atoms with Gasteiger partial charge in [-0.15, -0.1) is 0 Å². The molecule has 0 saturated carbocycles. The Morgan fingerprint density at radius 3 is 2.59 bits per heavy atom. The Hall–Kier alpha value is -3.09. The van der Waals surface area contributed by atoms with Gasteiger partial charge < -0.3 is 19.5 Å². The Balaban J connectivity index is 1.84. The number of ether oxygens (including phenoxy) is 2. The summed E-state index contributed by atoms with van der Waals surface area (Å²) in [6, 6.07) is 7.62. The van der Waals surface area contributed by atoms with Crippen LogP contribution < -0.4 is 9.47 Å². The highest BCUT2D eigenvalue weighted by Crippen LogP contribution is 2.28. The molecule has 1 amide bonds. The topological polar surface area (TPSA) is 76.1 Å². The molecule has 1 N–H and O–H groups in total. The third-order valence-corrected chi connectivity index (χ3v) is 4.34. The highest BCUT2D eigenvalue weighted by atomic mass is 19.1. The lowest BCUT2D eigenvalue weighted by atomic mass is 10.0. The predicted molar refractivity (Wildman–Crippen MR) is 95.7 cm³/mol. The fraction of sp³-hybridized carbons (Fsp3) is 0.300. The first kappa shape index (κ1) is 18.7. The maximum atomic E-state index is 13.5. The smallest absolute Gasteiger partial charge is 0.341 e. The molecule has 142 valence electrons. The number of aryl methyl sites for hydroxylation is 2. The summed E-state index contributed by atoms with van der Waals surface area (Å²) in [7, 11) is 0. The molecule has 7 heteroatoms. The maximum absolute atomic E-state index is 13.5. The lowest BCUT2D eigenvalue weighted by Gasteiger charge is -2.21. The molecular formula is C20H20FNO5. The van der Waals surface area contributed by atoms with Crippen LogP contribution in [0, 0.1) is 19.7 Å². The molecule has 2 aromatic carbocycles. The van der Waals surface area contributed by atoms with Crippen molar-refractivity contribution in [2.45, 2.75) is 20.4 Å². The van der Waals surface area contributed by atoms with Gasteiger partial charge in [-0.3, -0.25) is 4.79 Å². The molecule has 1 aliphatic rings. The largest absolute Gasteiger partial charge is 0.491 e. The number of carbonyl (C=O) groups excluding carboxylic acids is 1. The van der Waals surface area contributed by atoms with Crippen LogP contribution >= 0.6 is 0 Å². The predicted octanol–water partition coefficient (Wildman–Crippen LogP) is 2.94. The summed E-state index contributed by atoms with van der Waals surface area (Å²) in [5.74, 6) is -0.605. The molecule has 0 radical (unpaired) electrons. The van der Waals surface area contributed by atoms with Gasteiger partial charge in [0, 0.05) is 17.7 Å². The average molecular weight is 373 g/mol. The van der Waals surface area contributed by atoms with Gasteiger partial charge >= 0.3 is 5.97 Å². The summed E-state index contributed by atoms with van der Waals surface area (Å²) in [6.07, 6.45) is 0. The molecule has 27 heavy (non-hydrogen) atoms. The van der Waals surface area contributed by atoms with Gasteiger partial charge in [-0.25, -0.2) is 9.18 Å². The van der Waals surface area contributed by atoms with Gasteiger partial charge in [0.25, 0.3) is 5.91 Å². The van der Waals surface area contributed by atoms with E-state index < -0.39 is 12.6 Å². The summed E-state index contributed by atoms with van der Waals surface area (Å²) in [4.78, 5) is 25.3. The molecular weight excluding hydrogens is 353 g/mol. The van der Waals surface area contributed by atoms with Crippen molar-refractivity contribution >= 4 is 11.9 Å². The van der Waals surface area contributed by atoms with E-state index in [-0.39, 0.29) is 18.3 Å². The van der Waals surface area contributed by atoms with Crippen LogP contribution in [0.2, 0.25) is 0 Å². The van der Waals surface area contributed by atoms with Crippen molar-refractivity contribution in [1.29, 1.82) is 0 Å². The Kier molecular flexibility index (Phi) is 5.30. The quantitative estimate of drug-likeness (QED) is 0.892. The SMILES string of the molecule is Cc1cc(C(=O)N2CCOc3ccc(F)cc3C2)cc(C)c1OCC(=O)O. The Bertz CT molecular complexity index is 873. The number of rotatable bonds is 4. The summed E-state index contributed by atoms with van der Waals surface area (Å²) in [5, 5.41) is 8.77. The Morgan fingerprint density at radius 2 is 1.93 bits per heavy atom. The van der Waals surface area contributed by atoms with Crippen LogP contribution in [0.4, 0.5) is 4.39 Å². The van der Waals surface area contributed by atoms with Crippen molar-refractivity contribution in [2.75, 3.05) is 19.8 Å². The molecule has 0 fully saturated rings. The van der Waals surface area contributed by atoms with Gasteiger partial charge in [0.2, 0.25) is 0 Å². The zero-order valence-corrected chi connectivity index (χ0v) is 15.1. The van der Waals surface area contributed by atoms with E-state index in [0.29, 0.717) is 46.9 Å². The highest BCUT2D eigenvalue weighted by molar-refractivity contribution is 5.95. The first-order chi connectivity index (χ1) is 12.8. The molecule has 3 rings (SSSR count). The number of halogens is 1. The standard InChI is InChI=1S/C20H20FNO5/c1-12-7-14(8-13(2)19(12)27-11-18(23)24)20(25)22-5-6-26-17-4-3-16(21)9-15(17)10-22/h3-4,7-9H,5-6,10-11H2,1-2H3,(H,23,24). The first-order valence-electron chi connectivity index (χ1n) is 8.51. The number of benzene rings is 2. The number of aliphatic carboxylic acids is 1. The van der Waals surface area contributed by atoms with E-state index in [1.165, 1.54) is 12.1 Å². The van der Waals surface area contributed by atoms with Crippen LogP contribution in [0.3, 0.4) is 0 Å². The number of nitrogens with zero attached hydrogens (tertiary/aromatic N) is 1. The van der Waals surface area contributed by atoms with Crippen LogP contribution in [0.15, 0.2) is 30.3 Å². The van der Waals surface area contributed by atoms with Crippen molar-refractivity contribution < 1.29 is 28.6 Å². The van der Waals surface area contributed by atoms with Crippen LogP contribution in [-0.4, -0.2) is 41.6 Å². The number of carboxylic acid groups (broad SMARTS) is 1. The van der Waals surface area contributed by atoms with E-state index in [4.69, 9.17) is 14.6 Å². The molecule has 1 heterocycles. The normalized spacial score (nSPS) is 13.4. The Labute approximate surface area is 156 Å². The van der Waals surface area contributed by atoms with E-state index in [1.54, 1.807) is 36.9 Å². The van der Waals surface area contributed by atoms with Crippen molar-refractivity contribution in [3.63, 3.8) is 0 Å². The second-order valence-electron chi connectivity index (χ2n) is 6.45. The number of hydrogen-bond acceptors (Lipinski definition) is 4. The molecule has 0 unspecified atom stereocenters. The summed E-state index contributed by atoms with van der Waals surface area (Å²) >= 11 is 0. The molecule has 1 aliphatic heterocycles. The molecule has 0 saturated heterocycles. The monoisotopic (exact) mass is 373 g/mol. The van der Waals surface area contributed by atoms with E-state index in [9.17, 15) is 14.0 Å². The minimum absolute atomic E-state index is 0.202. The number of carbonyl (C=O) groups is 2. The number of carboxylic acids is 1. The minimum atomic E-state index is -1.07. The minimum Gasteiger partial charge on any atom is -0.491 e. The number of amides is 1. The molecule has 0 aromatic heterocycles. The van der Waals surface area contributed by atoms with Crippen LogP contribution in [0.5, 0.6) is 11.5 Å². The van der Waals surface area contributed by atoms with Crippen LogP contribution in [0.1, 0.15) is 27.0 Å². The lowest BCUT2D eigenvalue weighted by molar-refractivity contribution is -0.139. The average Bonchev–Trinajstić information content (AvgIpc) is 2.81. The number of fused-ring (bicyclic) bond motifs is 1. The van der Waals surface area contributed by atoms with Crippen LogP contribution in [0.25, 0.3) is 0 Å². The molecule has 0 spiro atoms. The van der Waals surface area contributed by atoms with Crippen molar-refractivity contribution in [2.24, 2.45) is 0 Å². The molecule has 2 aromatic rings. The van der Waals surface area contributed by atoms with Gasteiger partial charge in [-0.05, 0) is 55.3 Å². The Morgan fingerprint density at radius 1 is 1.22 bits per heavy atom. The zero-order valence-electron chi connectivity index (χ0n) is 15.1. The number of hydrogen-bond donors (Lipinski definition) is 1. The van der Waals surface area contributed by atoms with E-state index in [0.717, 1.165) is 0 Å². The van der Waals surface area contributed by atoms with Crippen molar-refractivity contribution in [1.82, 2.24) is 4.90 Å². The fourth-order valence-corrected chi connectivity index (χ4v) is 3.15. The van der Waals surface area contributed by atoms with Gasteiger partial charge in [0.1, 0.15) is 23.9 Å². The molecule has 0 aliphatic carbocycles. The van der Waals surface area contributed by atoms with E-state index >= 15 is 0 Å². The van der Waals surface area contributed by atoms with Gasteiger partial charge in [0.05, 0.1) is 6.54 Å². The van der Waals surface area contributed by atoms with Crippen molar-refractivity contribution in [3.8, 4) is 11.5 Å². The second-order valence-corrected chi connectivity index (χ2v) is 6.45. The lowest BCUT2D eigenvalue weighted by Crippen LogP contribution is -2.32. The fourth-order valence-electron chi connectivity index (χ4n) is 3.15. The highest BCUT2D eigenvalue weighted by Gasteiger charge is 2.22. The van der Waals surface area contributed by atoms with Gasteiger partial charge in [-0.2, -0.15) is 0 Å². The third-order valence-electron chi connectivity index (χ3n) is 4.34. The summed E-state index contributed by atoms with van der Waals surface area (Å²) in [5.41, 5.74) is 2.44. The summed E-state index contributed by atoms with van der Waals surface area (Å²) < 4.78 is 24.5. The first-order valence-corrected chi connectivity index (χ1v) is 8.51. The third kappa shape index (κ3) is 4.19. The van der Waals surface area contributed by atoms with Gasteiger partial charge in [-0.1, -0.05) is 0 Å². The van der Waals surface area contributed by atoms with Crippen molar-refractivity contribution in [3.05, 3.63) is 58.4 Å². The van der Waals surface area contributed by atoms with Gasteiger partial charge in [0.15, 0.2) is 6.61 Å². The van der Waals surface area contributed by atoms with E-state index in [2.05, 4.69) is 0 Å². The summed E-state index contributed by atoms with van der Waals surface area (Å²) in [6.45, 7) is 4.03. The molecule has 0 bridgehead atoms. The molecule has 6 nitrogen and oxygen atoms in total. The van der Waals surface area contributed by atoms with E-state index in [1.807, 2.05) is 0 Å². The molecule has 0 atom stereocenters. The maximum Gasteiger partial charge on any atom is 0.341 e.